The third kappa shape index (κ3) is 8.33. The first-order valence-corrected chi connectivity index (χ1v) is 14.6. The summed E-state index contributed by atoms with van der Waals surface area (Å²) >= 11 is 6.00. The van der Waals surface area contributed by atoms with E-state index in [-0.39, 0.29) is 24.9 Å². The lowest BCUT2D eigenvalue weighted by Crippen LogP contribution is -2.54. The molecule has 1 atom stereocenters. The predicted octanol–water partition coefficient (Wildman–Crippen LogP) is 4.58. The van der Waals surface area contributed by atoms with E-state index in [1.807, 2.05) is 75.4 Å². The number of anilines is 1. The topological polar surface area (TPSA) is 86.8 Å². The van der Waals surface area contributed by atoms with Gasteiger partial charge in [0, 0.05) is 24.0 Å². The molecule has 0 spiro atoms. The molecule has 3 aromatic rings. The smallest absolute Gasteiger partial charge is 0.244 e. The van der Waals surface area contributed by atoms with Crippen LogP contribution < -0.4 is 9.62 Å². The van der Waals surface area contributed by atoms with Crippen molar-refractivity contribution in [3.63, 3.8) is 0 Å². The number of halogens is 1. The minimum Gasteiger partial charge on any atom is -0.352 e. The van der Waals surface area contributed by atoms with Gasteiger partial charge < -0.3 is 10.2 Å². The van der Waals surface area contributed by atoms with E-state index in [0.29, 0.717) is 10.7 Å². The van der Waals surface area contributed by atoms with Gasteiger partial charge in [-0.1, -0.05) is 71.8 Å². The fourth-order valence-electron chi connectivity index (χ4n) is 4.16. The second-order valence-electron chi connectivity index (χ2n) is 9.63. The van der Waals surface area contributed by atoms with E-state index in [9.17, 15) is 18.0 Å². The molecule has 38 heavy (non-hydrogen) atoms. The van der Waals surface area contributed by atoms with E-state index >= 15 is 0 Å². The number of aryl methyl sites for hydroxylation is 1. The van der Waals surface area contributed by atoms with E-state index in [1.54, 1.807) is 24.3 Å². The first-order chi connectivity index (χ1) is 17.9. The standard InChI is InChI=1S/C29H34ClN3O4S/c1-21(2)31-29(35)27(18-23-10-6-5-7-11-23)32(19-24-12-8-9-22(3)17-24)28(34)20-33(38(4,36)37)26-15-13-25(30)14-16-26/h5-17,21,27H,18-20H2,1-4H3,(H,31,35). The first-order valence-electron chi connectivity index (χ1n) is 12.4. The second kappa shape index (κ2) is 12.9. The molecule has 0 saturated heterocycles. The molecule has 0 aliphatic heterocycles. The molecule has 3 aromatic carbocycles. The van der Waals surface area contributed by atoms with Crippen molar-refractivity contribution < 1.29 is 18.0 Å². The van der Waals surface area contributed by atoms with Gasteiger partial charge in [0.1, 0.15) is 12.6 Å². The molecule has 9 heteroatoms. The fourth-order valence-corrected chi connectivity index (χ4v) is 5.14. The average molecular weight is 556 g/mol. The quantitative estimate of drug-likeness (QED) is 0.375. The van der Waals surface area contributed by atoms with Crippen LogP contribution in [0, 0.1) is 6.92 Å². The Balaban J connectivity index is 2.05. The van der Waals surface area contributed by atoms with Crippen molar-refractivity contribution in [1.29, 1.82) is 0 Å². The van der Waals surface area contributed by atoms with Crippen molar-refractivity contribution in [3.8, 4) is 0 Å². The normalized spacial score (nSPS) is 12.2. The van der Waals surface area contributed by atoms with Crippen molar-refractivity contribution in [3.05, 3.63) is 101 Å². The van der Waals surface area contributed by atoms with Gasteiger partial charge in [-0.25, -0.2) is 8.42 Å². The van der Waals surface area contributed by atoms with Crippen LogP contribution in [0.25, 0.3) is 0 Å². The molecular formula is C29H34ClN3O4S. The van der Waals surface area contributed by atoms with Crippen LogP contribution in [-0.2, 0) is 32.6 Å². The molecule has 0 aromatic heterocycles. The Morgan fingerprint density at radius 3 is 2.13 bits per heavy atom. The SMILES string of the molecule is Cc1cccc(CN(C(=O)CN(c2ccc(Cl)cc2)S(C)(=O)=O)C(Cc2ccccc2)C(=O)NC(C)C)c1. The van der Waals surface area contributed by atoms with Crippen LogP contribution in [0.5, 0.6) is 0 Å². The minimum atomic E-state index is -3.82. The van der Waals surface area contributed by atoms with Gasteiger partial charge in [0.2, 0.25) is 21.8 Å². The Labute approximate surface area is 230 Å². The molecule has 0 radical (unpaired) electrons. The van der Waals surface area contributed by atoms with Gasteiger partial charge >= 0.3 is 0 Å². The number of hydrogen-bond acceptors (Lipinski definition) is 4. The number of rotatable bonds is 11. The molecule has 7 nitrogen and oxygen atoms in total. The van der Waals surface area contributed by atoms with Crippen molar-refractivity contribution >= 4 is 39.1 Å². The maximum absolute atomic E-state index is 14.0. The summed E-state index contributed by atoms with van der Waals surface area (Å²) in [5.41, 5.74) is 3.05. The van der Waals surface area contributed by atoms with Crippen LogP contribution in [0.1, 0.15) is 30.5 Å². The third-order valence-electron chi connectivity index (χ3n) is 5.93. The first kappa shape index (κ1) is 29.2. The van der Waals surface area contributed by atoms with Gasteiger partial charge in [-0.15, -0.1) is 0 Å². The number of amides is 2. The van der Waals surface area contributed by atoms with Gasteiger partial charge in [-0.2, -0.15) is 0 Å². The van der Waals surface area contributed by atoms with Crippen LogP contribution in [0.2, 0.25) is 5.02 Å². The van der Waals surface area contributed by atoms with Gasteiger partial charge in [0.15, 0.2) is 0 Å². The molecule has 0 saturated carbocycles. The number of carbonyl (C=O) groups excluding carboxylic acids is 2. The highest BCUT2D eigenvalue weighted by Crippen LogP contribution is 2.22. The molecular weight excluding hydrogens is 522 g/mol. The number of benzene rings is 3. The molecule has 0 heterocycles. The van der Waals surface area contributed by atoms with E-state index in [4.69, 9.17) is 11.6 Å². The molecule has 202 valence electrons. The van der Waals surface area contributed by atoms with E-state index in [0.717, 1.165) is 27.3 Å². The van der Waals surface area contributed by atoms with Gasteiger partial charge in [0.25, 0.3) is 0 Å². The van der Waals surface area contributed by atoms with E-state index in [2.05, 4.69) is 5.32 Å². The van der Waals surface area contributed by atoms with Crippen LogP contribution in [0.4, 0.5) is 5.69 Å². The Morgan fingerprint density at radius 1 is 0.921 bits per heavy atom. The highest BCUT2D eigenvalue weighted by atomic mass is 35.5. The van der Waals surface area contributed by atoms with Crippen molar-refractivity contribution in [2.24, 2.45) is 0 Å². The lowest BCUT2D eigenvalue weighted by atomic mass is 10.0. The molecule has 0 bridgehead atoms. The fraction of sp³-hybridized carbons (Fsp3) is 0.310. The number of carbonyl (C=O) groups is 2. The van der Waals surface area contributed by atoms with Crippen molar-refractivity contribution in [2.75, 3.05) is 17.1 Å². The molecule has 0 aliphatic carbocycles. The zero-order valence-corrected chi connectivity index (χ0v) is 23.7. The van der Waals surface area contributed by atoms with Gasteiger partial charge in [0.05, 0.1) is 11.9 Å². The highest BCUT2D eigenvalue weighted by Gasteiger charge is 2.33. The summed E-state index contributed by atoms with van der Waals surface area (Å²) in [4.78, 5) is 28.9. The molecule has 1 unspecified atom stereocenters. The zero-order valence-electron chi connectivity index (χ0n) is 22.1. The third-order valence-corrected chi connectivity index (χ3v) is 7.32. The summed E-state index contributed by atoms with van der Waals surface area (Å²) in [5.74, 6) is -0.797. The maximum Gasteiger partial charge on any atom is 0.244 e. The average Bonchev–Trinajstić information content (AvgIpc) is 2.85. The zero-order chi connectivity index (χ0) is 27.9. The summed E-state index contributed by atoms with van der Waals surface area (Å²) in [6, 6.07) is 22.4. The van der Waals surface area contributed by atoms with Gasteiger partial charge in [-0.3, -0.25) is 13.9 Å². The summed E-state index contributed by atoms with van der Waals surface area (Å²) < 4.78 is 26.6. The summed E-state index contributed by atoms with van der Waals surface area (Å²) in [6.45, 7) is 5.34. The lowest BCUT2D eigenvalue weighted by Gasteiger charge is -2.34. The van der Waals surface area contributed by atoms with E-state index < -0.39 is 28.5 Å². The predicted molar refractivity (Wildman–Crippen MR) is 153 cm³/mol. The monoisotopic (exact) mass is 555 g/mol. The van der Waals surface area contributed by atoms with Crippen molar-refractivity contribution in [2.45, 2.75) is 45.8 Å². The summed E-state index contributed by atoms with van der Waals surface area (Å²) in [6.07, 6.45) is 1.32. The Hall–Kier alpha value is -3.36. The number of sulfonamides is 1. The Morgan fingerprint density at radius 2 is 1.55 bits per heavy atom. The molecule has 3 rings (SSSR count). The molecule has 2 amide bonds. The highest BCUT2D eigenvalue weighted by molar-refractivity contribution is 7.92. The van der Waals surface area contributed by atoms with Gasteiger partial charge in [-0.05, 0) is 56.2 Å². The molecule has 0 fully saturated rings. The van der Waals surface area contributed by atoms with Crippen LogP contribution in [0.3, 0.4) is 0 Å². The summed E-state index contributed by atoms with van der Waals surface area (Å²) in [7, 11) is -3.82. The maximum atomic E-state index is 14.0. The van der Waals surface area contributed by atoms with Crippen molar-refractivity contribution in [1.82, 2.24) is 10.2 Å². The second-order valence-corrected chi connectivity index (χ2v) is 12.0. The number of nitrogens with zero attached hydrogens (tertiary/aromatic N) is 2. The molecule has 0 aliphatic rings. The Bertz CT molecular complexity index is 1350. The van der Waals surface area contributed by atoms with E-state index in [1.165, 1.54) is 4.90 Å². The number of nitrogens with one attached hydrogen (secondary N) is 1. The minimum absolute atomic E-state index is 0.140. The lowest BCUT2D eigenvalue weighted by molar-refractivity contribution is -0.140. The van der Waals surface area contributed by atoms with Crippen LogP contribution in [-0.4, -0.2) is 50.0 Å². The summed E-state index contributed by atoms with van der Waals surface area (Å²) in [5, 5.41) is 3.38. The largest absolute Gasteiger partial charge is 0.352 e. The van der Waals surface area contributed by atoms with Crippen LogP contribution >= 0.6 is 11.6 Å². The number of hydrogen-bond donors (Lipinski definition) is 1. The Kier molecular flexibility index (Phi) is 9.94. The molecule has 1 N–H and O–H groups in total. The van der Waals surface area contributed by atoms with Crippen LogP contribution in [0.15, 0.2) is 78.9 Å².